The van der Waals surface area contributed by atoms with Crippen molar-refractivity contribution < 1.29 is 0 Å². The number of rotatable bonds is 2. The van der Waals surface area contributed by atoms with Crippen LogP contribution >= 0.6 is 0 Å². The monoisotopic (exact) mass is 274 g/mol. The van der Waals surface area contributed by atoms with Gasteiger partial charge in [-0.15, -0.1) is 0 Å². The predicted molar refractivity (Wildman–Crippen MR) is 81.2 cm³/mol. The van der Waals surface area contributed by atoms with Crippen LogP contribution in [0.15, 0.2) is 0 Å². The molecule has 1 saturated heterocycles. The van der Waals surface area contributed by atoms with Crippen LogP contribution in [0, 0.1) is 35.0 Å². The Morgan fingerprint density at radius 1 is 0.900 bits per heavy atom. The Morgan fingerprint density at radius 3 is 1.95 bits per heavy atom. The molecule has 0 aromatic rings. The van der Waals surface area contributed by atoms with Crippen LogP contribution in [0.1, 0.15) is 51.4 Å². The fraction of sp³-hybridized carbons (Fsp3) is 1.00. The van der Waals surface area contributed by atoms with Gasteiger partial charge in [0.2, 0.25) is 0 Å². The molecule has 6 rings (SSSR count). The van der Waals surface area contributed by atoms with Crippen molar-refractivity contribution >= 4 is 0 Å². The Hall–Kier alpha value is -0.0800. The van der Waals surface area contributed by atoms with Crippen molar-refractivity contribution in [2.45, 2.75) is 57.4 Å². The molecule has 5 saturated carbocycles. The molecule has 1 atom stereocenters. The first-order chi connectivity index (χ1) is 9.72. The number of nitrogens with zero attached hydrogens (tertiary/aromatic N) is 1. The topological polar surface area (TPSA) is 29.3 Å². The van der Waals surface area contributed by atoms with E-state index in [2.05, 4.69) is 4.90 Å². The Bertz CT molecular complexity index is 368. The van der Waals surface area contributed by atoms with Gasteiger partial charge in [0.15, 0.2) is 0 Å². The van der Waals surface area contributed by atoms with Crippen LogP contribution in [0.25, 0.3) is 0 Å². The van der Waals surface area contributed by atoms with Crippen LogP contribution in [0.4, 0.5) is 0 Å². The van der Waals surface area contributed by atoms with Crippen molar-refractivity contribution in [1.29, 1.82) is 0 Å². The second-order valence-electron chi connectivity index (χ2n) is 9.07. The van der Waals surface area contributed by atoms with E-state index in [0.29, 0.717) is 11.5 Å². The average molecular weight is 274 g/mol. The molecule has 0 radical (unpaired) electrons. The van der Waals surface area contributed by atoms with E-state index in [1.807, 2.05) is 0 Å². The highest BCUT2D eigenvalue weighted by Crippen LogP contribution is 2.57. The third-order valence-corrected chi connectivity index (χ3v) is 8.00. The summed E-state index contributed by atoms with van der Waals surface area (Å²) < 4.78 is 0. The summed E-state index contributed by atoms with van der Waals surface area (Å²) in [7, 11) is 0. The van der Waals surface area contributed by atoms with Crippen molar-refractivity contribution in [3.05, 3.63) is 0 Å². The van der Waals surface area contributed by atoms with E-state index in [-0.39, 0.29) is 0 Å². The Kier molecular flexibility index (Phi) is 2.63. The lowest BCUT2D eigenvalue weighted by Gasteiger charge is -2.55. The van der Waals surface area contributed by atoms with Crippen LogP contribution in [0.2, 0.25) is 0 Å². The summed E-state index contributed by atoms with van der Waals surface area (Å²) >= 11 is 0. The van der Waals surface area contributed by atoms with Gasteiger partial charge in [0.25, 0.3) is 0 Å². The minimum Gasteiger partial charge on any atom is -0.327 e. The SMILES string of the molecule is NC1CC12CCN(CC1C3CC4CC(C3)CC1C4)CC2. The van der Waals surface area contributed by atoms with E-state index in [0.717, 1.165) is 29.6 Å². The molecule has 5 aliphatic carbocycles. The van der Waals surface area contributed by atoms with Gasteiger partial charge in [-0.05, 0) is 99.5 Å². The first kappa shape index (κ1) is 12.5. The summed E-state index contributed by atoms with van der Waals surface area (Å²) in [6.07, 6.45) is 12.0. The lowest BCUT2D eigenvalue weighted by molar-refractivity contribution is -0.0523. The van der Waals surface area contributed by atoms with E-state index in [4.69, 9.17) is 5.73 Å². The molecular weight excluding hydrogens is 244 g/mol. The second kappa shape index (κ2) is 4.23. The zero-order valence-electron chi connectivity index (χ0n) is 12.8. The first-order valence-electron chi connectivity index (χ1n) is 9.20. The molecule has 1 aliphatic heterocycles. The quantitative estimate of drug-likeness (QED) is 0.839. The number of piperidine rings is 1. The molecule has 20 heavy (non-hydrogen) atoms. The number of hydrogen-bond acceptors (Lipinski definition) is 2. The summed E-state index contributed by atoms with van der Waals surface area (Å²) in [6.45, 7) is 4.12. The number of nitrogens with two attached hydrogens (primary N) is 1. The standard InChI is InChI=1S/C18H30N2/c19-17-10-18(17)1-3-20(4-2-18)11-16-14-6-12-5-13(8-14)9-15(16)7-12/h12-17H,1-11,19H2. The summed E-state index contributed by atoms with van der Waals surface area (Å²) in [5, 5.41) is 0. The van der Waals surface area contributed by atoms with Gasteiger partial charge in [0.05, 0.1) is 0 Å². The number of hydrogen-bond donors (Lipinski definition) is 1. The molecule has 0 aromatic heterocycles. The van der Waals surface area contributed by atoms with Crippen molar-refractivity contribution in [3.8, 4) is 0 Å². The minimum atomic E-state index is 0.547. The smallest absolute Gasteiger partial charge is 0.0103 e. The van der Waals surface area contributed by atoms with Crippen molar-refractivity contribution in [3.63, 3.8) is 0 Å². The van der Waals surface area contributed by atoms with E-state index >= 15 is 0 Å². The second-order valence-corrected chi connectivity index (χ2v) is 9.07. The van der Waals surface area contributed by atoms with E-state index in [1.54, 1.807) is 32.1 Å². The molecule has 112 valence electrons. The average Bonchev–Trinajstić information content (AvgIpc) is 3.05. The molecule has 4 bridgehead atoms. The third-order valence-electron chi connectivity index (χ3n) is 8.00. The summed E-state index contributed by atoms with van der Waals surface area (Å²) in [6, 6.07) is 0.547. The molecule has 2 N–H and O–H groups in total. The van der Waals surface area contributed by atoms with Gasteiger partial charge in [-0.1, -0.05) is 0 Å². The van der Waals surface area contributed by atoms with Crippen molar-refractivity contribution in [1.82, 2.24) is 4.90 Å². The van der Waals surface area contributed by atoms with Gasteiger partial charge < -0.3 is 10.6 Å². The molecule has 1 heterocycles. The molecule has 6 aliphatic rings. The van der Waals surface area contributed by atoms with E-state index in [1.165, 1.54) is 38.9 Å². The Morgan fingerprint density at radius 2 is 1.45 bits per heavy atom. The van der Waals surface area contributed by atoms with Crippen LogP contribution in [-0.2, 0) is 0 Å². The summed E-state index contributed by atoms with van der Waals surface area (Å²) in [5.41, 5.74) is 6.74. The van der Waals surface area contributed by atoms with E-state index in [9.17, 15) is 0 Å². The van der Waals surface area contributed by atoms with Crippen LogP contribution < -0.4 is 5.73 Å². The van der Waals surface area contributed by atoms with Gasteiger partial charge in [-0.2, -0.15) is 0 Å². The zero-order chi connectivity index (χ0) is 13.3. The Labute approximate surface area is 123 Å². The molecule has 6 fully saturated rings. The molecule has 1 unspecified atom stereocenters. The Balaban J connectivity index is 1.22. The van der Waals surface area contributed by atoms with Crippen LogP contribution in [-0.4, -0.2) is 30.6 Å². The molecule has 0 aromatic carbocycles. The molecule has 2 heteroatoms. The van der Waals surface area contributed by atoms with Crippen molar-refractivity contribution in [2.24, 2.45) is 40.7 Å². The van der Waals surface area contributed by atoms with Gasteiger partial charge in [-0.3, -0.25) is 0 Å². The maximum absolute atomic E-state index is 6.14. The van der Waals surface area contributed by atoms with Crippen molar-refractivity contribution in [2.75, 3.05) is 19.6 Å². The predicted octanol–water partition coefficient (Wildman–Crippen LogP) is 2.87. The number of likely N-dealkylation sites (tertiary alicyclic amines) is 1. The maximum atomic E-state index is 6.14. The maximum Gasteiger partial charge on any atom is 0.0103 e. The third kappa shape index (κ3) is 1.83. The highest BCUT2D eigenvalue weighted by atomic mass is 15.1. The van der Waals surface area contributed by atoms with Gasteiger partial charge >= 0.3 is 0 Å². The minimum absolute atomic E-state index is 0.547. The lowest BCUT2D eigenvalue weighted by atomic mass is 9.52. The fourth-order valence-electron chi connectivity index (χ4n) is 6.77. The first-order valence-corrected chi connectivity index (χ1v) is 9.20. The normalized spacial score (nSPS) is 52.6. The molecule has 2 nitrogen and oxygen atoms in total. The largest absolute Gasteiger partial charge is 0.327 e. The fourth-order valence-corrected chi connectivity index (χ4v) is 6.77. The van der Waals surface area contributed by atoms with Crippen LogP contribution in [0.5, 0.6) is 0 Å². The highest BCUT2D eigenvalue weighted by molar-refractivity contribution is 5.08. The summed E-state index contributed by atoms with van der Waals surface area (Å²) in [4.78, 5) is 2.81. The van der Waals surface area contributed by atoms with E-state index < -0.39 is 0 Å². The van der Waals surface area contributed by atoms with Gasteiger partial charge in [0.1, 0.15) is 0 Å². The van der Waals surface area contributed by atoms with Gasteiger partial charge in [-0.25, -0.2) is 0 Å². The lowest BCUT2D eigenvalue weighted by Crippen LogP contribution is -2.50. The highest BCUT2D eigenvalue weighted by Gasteiger charge is 2.53. The molecule has 0 amide bonds. The molecular formula is C18H30N2. The summed E-state index contributed by atoms with van der Waals surface area (Å²) in [5.74, 6) is 5.52. The van der Waals surface area contributed by atoms with Crippen LogP contribution in [0.3, 0.4) is 0 Å². The molecule has 1 spiro atoms. The zero-order valence-corrected chi connectivity index (χ0v) is 12.8. The van der Waals surface area contributed by atoms with Gasteiger partial charge in [0, 0.05) is 12.6 Å².